The van der Waals surface area contributed by atoms with Crippen molar-refractivity contribution in [1.82, 2.24) is 0 Å². The first-order valence-corrected chi connectivity index (χ1v) is 5.75. The number of hydrogen-bond donors (Lipinski definition) is 1. The zero-order chi connectivity index (χ0) is 14.3. The lowest BCUT2D eigenvalue weighted by molar-refractivity contribution is -0.286. The molecule has 1 heterocycles. The maximum absolute atomic E-state index is 13.0. The van der Waals surface area contributed by atoms with Gasteiger partial charge < -0.3 is 15.2 Å². The van der Waals surface area contributed by atoms with Crippen molar-refractivity contribution in [3.05, 3.63) is 53.6 Å². The Balaban J connectivity index is 2.03. The van der Waals surface area contributed by atoms with Crippen LogP contribution in [-0.2, 0) is 0 Å². The Hall–Kier alpha value is -2.63. The van der Waals surface area contributed by atoms with Crippen LogP contribution in [0.5, 0.6) is 11.5 Å². The van der Waals surface area contributed by atoms with Crippen LogP contribution >= 0.6 is 0 Å². The van der Waals surface area contributed by atoms with E-state index in [0.29, 0.717) is 5.56 Å². The fourth-order valence-corrected chi connectivity index (χ4v) is 1.95. The maximum atomic E-state index is 13.0. The highest BCUT2D eigenvalue weighted by molar-refractivity contribution is 6.12. The average Bonchev–Trinajstić information content (AvgIpc) is 2.71. The summed E-state index contributed by atoms with van der Waals surface area (Å²) >= 11 is 0. The first-order chi connectivity index (χ1) is 9.46. The fourth-order valence-electron chi connectivity index (χ4n) is 1.95. The quantitative estimate of drug-likeness (QED) is 0.677. The van der Waals surface area contributed by atoms with Crippen molar-refractivity contribution in [2.75, 3.05) is 5.73 Å². The molecule has 4 nitrogen and oxygen atoms in total. The third-order valence-electron chi connectivity index (χ3n) is 2.85. The highest BCUT2D eigenvalue weighted by Gasteiger charge is 2.44. The number of ketones is 1. The molecule has 0 aliphatic carbocycles. The summed E-state index contributed by atoms with van der Waals surface area (Å²) in [7, 11) is 0. The number of carbonyl (C=O) groups excluding carboxylic acids is 1. The van der Waals surface area contributed by atoms with Gasteiger partial charge in [-0.25, -0.2) is 0 Å². The van der Waals surface area contributed by atoms with Crippen LogP contribution < -0.4 is 15.2 Å². The van der Waals surface area contributed by atoms with Crippen LogP contribution in [0.2, 0.25) is 0 Å². The Kier molecular flexibility index (Phi) is 2.60. The number of nitrogen functional groups attached to an aromatic ring is 1. The normalized spacial score (nSPS) is 15.1. The predicted octanol–water partition coefficient (Wildman–Crippen LogP) is 2.82. The molecule has 0 fully saturated rings. The molecule has 2 aromatic rings. The first kappa shape index (κ1) is 12.4. The molecule has 20 heavy (non-hydrogen) atoms. The molecule has 1 aliphatic rings. The molecule has 2 N–H and O–H groups in total. The Morgan fingerprint density at radius 3 is 2.30 bits per heavy atom. The summed E-state index contributed by atoms with van der Waals surface area (Å²) in [5.74, 6) is -0.759. The summed E-state index contributed by atoms with van der Waals surface area (Å²) < 4.78 is 34.5. The van der Waals surface area contributed by atoms with Gasteiger partial charge >= 0.3 is 6.29 Å². The molecule has 0 saturated heterocycles. The summed E-state index contributed by atoms with van der Waals surface area (Å²) in [6.45, 7) is 0. The minimum Gasteiger partial charge on any atom is -0.398 e. The number of hydrogen-bond acceptors (Lipinski definition) is 4. The number of carbonyl (C=O) groups is 1. The Bertz CT molecular complexity index is 686. The summed E-state index contributed by atoms with van der Waals surface area (Å²) in [5, 5.41) is 0. The van der Waals surface area contributed by atoms with Gasteiger partial charge in [0.1, 0.15) is 0 Å². The number of nitrogens with two attached hydrogens (primary N) is 1. The lowest BCUT2D eigenvalue weighted by Gasteiger charge is -2.06. The van der Waals surface area contributed by atoms with Crippen molar-refractivity contribution in [2.45, 2.75) is 6.29 Å². The molecule has 6 heteroatoms. The molecular weight excluding hydrogens is 268 g/mol. The van der Waals surface area contributed by atoms with E-state index in [-0.39, 0.29) is 28.5 Å². The minimum atomic E-state index is -3.73. The molecule has 0 bridgehead atoms. The van der Waals surface area contributed by atoms with Gasteiger partial charge in [0, 0.05) is 22.9 Å². The largest absolute Gasteiger partial charge is 0.586 e. The number of fused-ring (bicyclic) bond motifs is 1. The fraction of sp³-hybridized carbons (Fsp3) is 0.0714. The molecule has 0 spiro atoms. The van der Waals surface area contributed by atoms with E-state index in [0.717, 1.165) is 6.07 Å². The van der Waals surface area contributed by atoms with Gasteiger partial charge in [-0.2, -0.15) is 0 Å². The van der Waals surface area contributed by atoms with E-state index in [2.05, 4.69) is 9.47 Å². The van der Waals surface area contributed by atoms with E-state index < -0.39 is 6.29 Å². The standard InChI is InChI=1S/C14H9F2NO3/c15-14(16)19-11-6-9(10(17)7-12(11)20-14)13(18)8-4-2-1-3-5-8/h1-7H,17H2. The number of rotatable bonds is 2. The van der Waals surface area contributed by atoms with E-state index in [1.807, 2.05) is 0 Å². The molecule has 0 amide bonds. The van der Waals surface area contributed by atoms with Gasteiger partial charge in [-0.1, -0.05) is 30.3 Å². The van der Waals surface area contributed by atoms with Crippen molar-refractivity contribution in [2.24, 2.45) is 0 Å². The topological polar surface area (TPSA) is 61.6 Å². The maximum Gasteiger partial charge on any atom is 0.586 e. The van der Waals surface area contributed by atoms with Gasteiger partial charge in [0.2, 0.25) is 0 Å². The van der Waals surface area contributed by atoms with Crippen molar-refractivity contribution >= 4 is 11.5 Å². The Morgan fingerprint density at radius 2 is 1.65 bits per heavy atom. The van der Waals surface area contributed by atoms with Crippen LogP contribution in [0.1, 0.15) is 15.9 Å². The molecule has 1 aliphatic heterocycles. The summed E-state index contributed by atoms with van der Waals surface area (Å²) in [4.78, 5) is 12.3. The van der Waals surface area contributed by atoms with Gasteiger partial charge in [-0.15, -0.1) is 8.78 Å². The second kappa shape index (κ2) is 4.19. The number of anilines is 1. The molecule has 2 aromatic carbocycles. The molecule has 102 valence electrons. The van der Waals surface area contributed by atoms with Crippen LogP contribution in [0.4, 0.5) is 14.5 Å². The highest BCUT2D eigenvalue weighted by Crippen LogP contribution is 2.43. The second-order valence-corrected chi connectivity index (χ2v) is 4.25. The van der Waals surface area contributed by atoms with Crippen molar-refractivity contribution in [3.8, 4) is 11.5 Å². The zero-order valence-electron chi connectivity index (χ0n) is 10.1. The second-order valence-electron chi connectivity index (χ2n) is 4.25. The van der Waals surface area contributed by atoms with Crippen molar-refractivity contribution in [3.63, 3.8) is 0 Å². The SMILES string of the molecule is Nc1cc2c(cc1C(=O)c1ccccc1)OC(F)(F)O2. The molecule has 0 unspecified atom stereocenters. The van der Waals surface area contributed by atoms with E-state index in [4.69, 9.17) is 5.73 Å². The summed E-state index contributed by atoms with van der Waals surface area (Å²) in [5.41, 5.74) is 6.27. The highest BCUT2D eigenvalue weighted by atomic mass is 19.3. The number of benzene rings is 2. The van der Waals surface area contributed by atoms with E-state index in [1.54, 1.807) is 30.3 Å². The molecule has 0 aromatic heterocycles. The third kappa shape index (κ3) is 2.05. The smallest absolute Gasteiger partial charge is 0.398 e. The average molecular weight is 277 g/mol. The minimum absolute atomic E-state index is 0.0545. The van der Waals surface area contributed by atoms with Crippen LogP contribution in [0.3, 0.4) is 0 Å². The Labute approximate surface area is 112 Å². The molecule has 0 atom stereocenters. The van der Waals surface area contributed by atoms with Crippen molar-refractivity contribution < 1.29 is 23.0 Å². The number of alkyl halides is 2. The predicted molar refractivity (Wildman–Crippen MR) is 66.9 cm³/mol. The van der Waals surface area contributed by atoms with Crippen LogP contribution in [0.25, 0.3) is 0 Å². The molecular formula is C14H9F2NO3. The van der Waals surface area contributed by atoms with Crippen LogP contribution in [-0.4, -0.2) is 12.1 Å². The first-order valence-electron chi connectivity index (χ1n) is 5.75. The summed E-state index contributed by atoms with van der Waals surface area (Å²) in [6.07, 6.45) is -3.73. The number of ether oxygens (including phenoxy) is 2. The van der Waals surface area contributed by atoms with Gasteiger partial charge in [-0.05, 0) is 6.07 Å². The lowest BCUT2D eigenvalue weighted by Crippen LogP contribution is -2.25. The Morgan fingerprint density at radius 1 is 1.05 bits per heavy atom. The number of halogens is 2. The zero-order valence-corrected chi connectivity index (χ0v) is 10.1. The van der Waals surface area contributed by atoms with E-state index in [9.17, 15) is 13.6 Å². The van der Waals surface area contributed by atoms with Crippen LogP contribution in [0.15, 0.2) is 42.5 Å². The third-order valence-corrected chi connectivity index (χ3v) is 2.85. The summed E-state index contributed by atoms with van der Waals surface area (Å²) in [6, 6.07) is 10.7. The van der Waals surface area contributed by atoms with Gasteiger partial charge in [0.15, 0.2) is 17.3 Å². The van der Waals surface area contributed by atoms with Gasteiger partial charge in [-0.3, -0.25) is 4.79 Å². The molecule has 3 rings (SSSR count). The van der Waals surface area contributed by atoms with Crippen molar-refractivity contribution in [1.29, 1.82) is 0 Å². The van der Waals surface area contributed by atoms with Gasteiger partial charge in [0.05, 0.1) is 0 Å². The van der Waals surface area contributed by atoms with Gasteiger partial charge in [0.25, 0.3) is 0 Å². The monoisotopic (exact) mass is 277 g/mol. The van der Waals surface area contributed by atoms with E-state index >= 15 is 0 Å². The van der Waals surface area contributed by atoms with Crippen LogP contribution in [0, 0.1) is 0 Å². The lowest BCUT2D eigenvalue weighted by atomic mass is 10.0. The van der Waals surface area contributed by atoms with E-state index in [1.165, 1.54) is 6.07 Å². The molecule has 0 saturated carbocycles. The molecule has 0 radical (unpaired) electrons.